The van der Waals surface area contributed by atoms with Gasteiger partial charge in [-0.05, 0) is 48.6 Å². The summed E-state index contributed by atoms with van der Waals surface area (Å²) < 4.78 is 5.57. The molecule has 26 heavy (non-hydrogen) atoms. The first kappa shape index (κ1) is 17.4. The summed E-state index contributed by atoms with van der Waals surface area (Å²) in [7, 11) is 0. The lowest BCUT2D eigenvalue weighted by Crippen LogP contribution is -2.48. The van der Waals surface area contributed by atoms with Gasteiger partial charge in [0.25, 0.3) is 0 Å². The third-order valence-corrected chi connectivity index (χ3v) is 5.83. The molecule has 0 spiro atoms. The molecule has 2 heterocycles. The molecule has 2 aromatic rings. The van der Waals surface area contributed by atoms with Crippen LogP contribution in [0.1, 0.15) is 24.0 Å². The molecule has 2 aliphatic rings. The first-order valence-electron chi connectivity index (χ1n) is 9.15. The van der Waals surface area contributed by atoms with Crippen LogP contribution in [0, 0.1) is 0 Å². The lowest BCUT2D eigenvalue weighted by atomic mass is 9.74. The van der Waals surface area contributed by atoms with E-state index < -0.39 is 0 Å². The number of urea groups is 1. The van der Waals surface area contributed by atoms with Crippen molar-refractivity contribution < 1.29 is 9.53 Å². The highest BCUT2D eigenvalue weighted by atomic mass is 35.5. The zero-order chi connectivity index (χ0) is 18.0. The SMILES string of the molecule is O=C(NCC1(c2cccc(Cl)c2)CCOCC1)N1CCc2ccccc21. The predicted octanol–water partition coefficient (Wildman–Crippen LogP) is 4.16. The molecule has 1 N–H and O–H groups in total. The molecule has 2 aliphatic heterocycles. The summed E-state index contributed by atoms with van der Waals surface area (Å²) >= 11 is 6.22. The summed E-state index contributed by atoms with van der Waals surface area (Å²) in [5.41, 5.74) is 3.31. The Morgan fingerprint density at radius 1 is 1.15 bits per heavy atom. The highest BCUT2D eigenvalue weighted by molar-refractivity contribution is 6.30. The van der Waals surface area contributed by atoms with E-state index >= 15 is 0 Å². The van der Waals surface area contributed by atoms with Gasteiger partial charge in [0.05, 0.1) is 0 Å². The average Bonchev–Trinajstić information content (AvgIpc) is 3.11. The number of anilines is 1. The Hall–Kier alpha value is -2.04. The molecule has 4 nitrogen and oxygen atoms in total. The average molecular weight is 371 g/mol. The summed E-state index contributed by atoms with van der Waals surface area (Å²) in [6.07, 6.45) is 2.67. The second-order valence-corrected chi connectivity index (χ2v) is 7.53. The zero-order valence-corrected chi connectivity index (χ0v) is 15.5. The van der Waals surface area contributed by atoms with Gasteiger partial charge in [-0.15, -0.1) is 0 Å². The summed E-state index contributed by atoms with van der Waals surface area (Å²) in [6, 6.07) is 16.1. The first-order valence-corrected chi connectivity index (χ1v) is 9.53. The minimum atomic E-state index is -0.127. The van der Waals surface area contributed by atoms with Crippen LogP contribution in [0.3, 0.4) is 0 Å². The van der Waals surface area contributed by atoms with Crippen LogP contribution in [-0.2, 0) is 16.6 Å². The Bertz CT molecular complexity index is 802. The number of fused-ring (bicyclic) bond motifs is 1. The topological polar surface area (TPSA) is 41.6 Å². The number of amides is 2. The normalized spacial score (nSPS) is 18.4. The Morgan fingerprint density at radius 3 is 2.77 bits per heavy atom. The van der Waals surface area contributed by atoms with Gasteiger partial charge in [-0.1, -0.05) is 41.9 Å². The number of benzene rings is 2. The summed E-state index contributed by atoms with van der Waals surface area (Å²) in [4.78, 5) is 14.7. The Kier molecular flexibility index (Phi) is 4.88. The van der Waals surface area contributed by atoms with E-state index in [1.165, 1.54) is 11.1 Å². The van der Waals surface area contributed by atoms with E-state index in [0.29, 0.717) is 19.8 Å². The highest BCUT2D eigenvalue weighted by Gasteiger charge is 2.36. The lowest BCUT2D eigenvalue weighted by Gasteiger charge is -2.38. The van der Waals surface area contributed by atoms with E-state index in [2.05, 4.69) is 17.4 Å². The van der Waals surface area contributed by atoms with Crippen molar-refractivity contribution in [1.82, 2.24) is 5.32 Å². The van der Waals surface area contributed by atoms with Gasteiger partial charge in [0.2, 0.25) is 0 Å². The van der Waals surface area contributed by atoms with Gasteiger partial charge < -0.3 is 10.1 Å². The number of rotatable bonds is 3. The fourth-order valence-electron chi connectivity index (χ4n) is 4.04. The molecule has 0 unspecified atom stereocenters. The van der Waals surface area contributed by atoms with E-state index in [0.717, 1.165) is 36.5 Å². The van der Waals surface area contributed by atoms with Crippen molar-refractivity contribution in [2.45, 2.75) is 24.7 Å². The molecule has 0 saturated carbocycles. The van der Waals surface area contributed by atoms with Crippen LogP contribution in [-0.4, -0.2) is 32.3 Å². The molecule has 0 aliphatic carbocycles. The molecule has 2 amide bonds. The number of carbonyl (C=O) groups is 1. The zero-order valence-electron chi connectivity index (χ0n) is 14.7. The monoisotopic (exact) mass is 370 g/mol. The van der Waals surface area contributed by atoms with Crippen LogP contribution in [0.25, 0.3) is 0 Å². The largest absolute Gasteiger partial charge is 0.381 e. The minimum absolute atomic E-state index is 0.0251. The molecule has 2 aromatic carbocycles. The van der Waals surface area contributed by atoms with E-state index in [1.807, 2.05) is 41.3 Å². The summed E-state index contributed by atoms with van der Waals surface area (Å²) in [6.45, 7) is 2.73. The number of carbonyl (C=O) groups excluding carboxylic acids is 1. The van der Waals surface area contributed by atoms with Gasteiger partial charge in [0, 0.05) is 42.4 Å². The number of nitrogens with one attached hydrogen (secondary N) is 1. The quantitative estimate of drug-likeness (QED) is 0.881. The fraction of sp³-hybridized carbons (Fsp3) is 0.381. The van der Waals surface area contributed by atoms with E-state index in [-0.39, 0.29) is 11.4 Å². The van der Waals surface area contributed by atoms with Gasteiger partial charge in [-0.3, -0.25) is 4.90 Å². The Balaban J connectivity index is 1.51. The van der Waals surface area contributed by atoms with Crippen molar-refractivity contribution >= 4 is 23.3 Å². The van der Waals surface area contributed by atoms with E-state index in [9.17, 15) is 4.79 Å². The van der Waals surface area contributed by atoms with Crippen molar-refractivity contribution in [3.8, 4) is 0 Å². The van der Waals surface area contributed by atoms with Crippen LogP contribution in [0.2, 0.25) is 5.02 Å². The molecule has 1 saturated heterocycles. The van der Waals surface area contributed by atoms with Crippen molar-refractivity contribution in [3.05, 3.63) is 64.7 Å². The maximum atomic E-state index is 12.8. The molecule has 0 radical (unpaired) electrons. The number of para-hydroxylation sites is 1. The van der Waals surface area contributed by atoms with Crippen LogP contribution >= 0.6 is 11.6 Å². The standard InChI is InChI=1S/C21H23ClN2O2/c22-18-6-3-5-17(14-18)21(9-12-26-13-10-21)15-23-20(25)24-11-8-16-4-1-2-7-19(16)24/h1-7,14H,8-13,15H2,(H,23,25). The van der Waals surface area contributed by atoms with Gasteiger partial charge in [0.1, 0.15) is 0 Å². The predicted molar refractivity (Wildman–Crippen MR) is 104 cm³/mol. The summed E-state index contributed by atoms with van der Waals surface area (Å²) in [5, 5.41) is 3.91. The molecular weight excluding hydrogens is 348 g/mol. The Morgan fingerprint density at radius 2 is 1.96 bits per heavy atom. The van der Waals surface area contributed by atoms with Crippen molar-refractivity contribution in [2.75, 3.05) is 31.2 Å². The summed E-state index contributed by atoms with van der Waals surface area (Å²) in [5.74, 6) is 0. The first-order chi connectivity index (χ1) is 12.7. The van der Waals surface area contributed by atoms with Crippen LogP contribution < -0.4 is 10.2 Å². The molecule has 0 atom stereocenters. The number of hydrogen-bond donors (Lipinski definition) is 1. The maximum Gasteiger partial charge on any atom is 0.321 e. The second kappa shape index (κ2) is 7.29. The van der Waals surface area contributed by atoms with Gasteiger partial charge >= 0.3 is 6.03 Å². The van der Waals surface area contributed by atoms with Crippen molar-refractivity contribution in [2.24, 2.45) is 0 Å². The van der Waals surface area contributed by atoms with Crippen LogP contribution in [0.15, 0.2) is 48.5 Å². The van der Waals surface area contributed by atoms with E-state index in [1.54, 1.807) is 0 Å². The van der Waals surface area contributed by atoms with Gasteiger partial charge in [0.15, 0.2) is 0 Å². The lowest BCUT2D eigenvalue weighted by molar-refractivity contribution is 0.0508. The highest BCUT2D eigenvalue weighted by Crippen LogP contribution is 2.36. The minimum Gasteiger partial charge on any atom is -0.381 e. The van der Waals surface area contributed by atoms with Gasteiger partial charge in [-0.25, -0.2) is 4.79 Å². The molecule has 0 aromatic heterocycles. The van der Waals surface area contributed by atoms with Crippen molar-refractivity contribution in [3.63, 3.8) is 0 Å². The molecule has 0 bridgehead atoms. The van der Waals surface area contributed by atoms with Crippen LogP contribution in [0.4, 0.5) is 10.5 Å². The molecule has 4 rings (SSSR count). The third-order valence-electron chi connectivity index (χ3n) is 5.60. The maximum absolute atomic E-state index is 12.8. The number of halogens is 1. The molecule has 5 heteroatoms. The van der Waals surface area contributed by atoms with E-state index in [4.69, 9.17) is 16.3 Å². The number of ether oxygens (including phenoxy) is 1. The second-order valence-electron chi connectivity index (χ2n) is 7.09. The molecular formula is C21H23ClN2O2. The fourth-order valence-corrected chi connectivity index (χ4v) is 4.23. The number of hydrogen-bond acceptors (Lipinski definition) is 2. The van der Waals surface area contributed by atoms with Gasteiger partial charge in [-0.2, -0.15) is 0 Å². The van der Waals surface area contributed by atoms with Crippen molar-refractivity contribution in [1.29, 1.82) is 0 Å². The Labute approximate surface area is 159 Å². The smallest absolute Gasteiger partial charge is 0.321 e. The number of nitrogens with zero attached hydrogens (tertiary/aromatic N) is 1. The molecule has 1 fully saturated rings. The molecule has 136 valence electrons. The van der Waals surface area contributed by atoms with Crippen LogP contribution in [0.5, 0.6) is 0 Å². The third kappa shape index (κ3) is 3.31.